The summed E-state index contributed by atoms with van der Waals surface area (Å²) in [5.74, 6) is -4.40. The van der Waals surface area contributed by atoms with E-state index in [4.69, 9.17) is 5.73 Å². The minimum absolute atomic E-state index is 0.0276. The van der Waals surface area contributed by atoms with Gasteiger partial charge in [0.2, 0.25) is 0 Å². The van der Waals surface area contributed by atoms with Gasteiger partial charge in [-0.3, -0.25) is 9.59 Å². The summed E-state index contributed by atoms with van der Waals surface area (Å²) in [5.41, 5.74) is 0.811. The fraction of sp³-hybridized carbons (Fsp3) is 0.250. The van der Waals surface area contributed by atoms with Crippen molar-refractivity contribution in [2.24, 2.45) is 5.73 Å². The normalized spacial score (nSPS) is 12.7. The number of nitrogens with zero attached hydrogens (tertiary/aromatic N) is 1. The zero-order valence-electron chi connectivity index (χ0n) is 14.8. The number of primary amides is 1. The van der Waals surface area contributed by atoms with E-state index in [1.54, 1.807) is 0 Å². The maximum atomic E-state index is 13.9. The third-order valence-electron chi connectivity index (χ3n) is 3.59. The number of hydrogen-bond acceptors (Lipinski definition) is 6. The number of aliphatic hydroxyl groups is 1. The molecule has 0 bridgehead atoms. The van der Waals surface area contributed by atoms with Crippen molar-refractivity contribution in [3.63, 3.8) is 0 Å². The molecule has 1 aromatic carbocycles. The number of halogens is 4. The molecule has 158 valence electrons. The molecule has 29 heavy (non-hydrogen) atoms. The van der Waals surface area contributed by atoms with Crippen molar-refractivity contribution in [1.29, 1.82) is 0 Å². The van der Waals surface area contributed by atoms with Crippen LogP contribution in [0.3, 0.4) is 0 Å². The third-order valence-corrected chi connectivity index (χ3v) is 6.28. The second-order valence-electron chi connectivity index (χ2n) is 6.28. The molecule has 2 rings (SSSR count). The number of anilines is 1. The molecule has 0 atom stereocenters. The number of thiophene rings is 1. The Balaban J connectivity index is 2.73. The Morgan fingerprint density at radius 3 is 2.21 bits per heavy atom. The number of alkyl halides is 3. The molecule has 1 aromatic heterocycles. The first-order valence-electron chi connectivity index (χ1n) is 7.64. The molecule has 0 aliphatic carbocycles. The van der Waals surface area contributed by atoms with Gasteiger partial charge in [0.1, 0.15) is 16.4 Å². The van der Waals surface area contributed by atoms with Gasteiger partial charge in [-0.15, -0.1) is 11.3 Å². The lowest BCUT2D eigenvalue weighted by Gasteiger charge is -2.27. The summed E-state index contributed by atoms with van der Waals surface area (Å²) >= 11 is 0.604. The van der Waals surface area contributed by atoms with E-state index in [0.29, 0.717) is 17.4 Å². The van der Waals surface area contributed by atoms with E-state index >= 15 is 0 Å². The average Bonchev–Trinajstić information content (AvgIpc) is 3.01. The standard InChI is InChI=1S/C16H14F4N2O5S2/c1-15(2,25)14(24)22(13-9(12(21)23)5-6-28-13)29(26,27)8-3-4-10(11(17)7-8)16(18,19)20/h3-7,25H,1-2H3,(H2,21,23). The maximum Gasteiger partial charge on any atom is 0.419 e. The lowest BCUT2D eigenvalue weighted by atomic mass is 10.1. The van der Waals surface area contributed by atoms with Crippen LogP contribution in [0.15, 0.2) is 34.5 Å². The van der Waals surface area contributed by atoms with Crippen LogP contribution in [0.1, 0.15) is 29.8 Å². The zero-order valence-corrected chi connectivity index (χ0v) is 16.5. The van der Waals surface area contributed by atoms with Gasteiger partial charge in [-0.1, -0.05) is 0 Å². The van der Waals surface area contributed by atoms with Crippen molar-refractivity contribution < 1.29 is 40.7 Å². The van der Waals surface area contributed by atoms with Crippen molar-refractivity contribution in [3.8, 4) is 0 Å². The minimum atomic E-state index is -5.07. The quantitative estimate of drug-likeness (QED) is 0.673. The summed E-state index contributed by atoms with van der Waals surface area (Å²) in [5, 5.41) is 10.8. The summed E-state index contributed by atoms with van der Waals surface area (Å²) < 4.78 is 78.2. The molecule has 2 aromatic rings. The Morgan fingerprint density at radius 1 is 1.17 bits per heavy atom. The first-order valence-corrected chi connectivity index (χ1v) is 9.96. The highest BCUT2D eigenvalue weighted by molar-refractivity contribution is 7.93. The number of carbonyl (C=O) groups is 2. The van der Waals surface area contributed by atoms with Crippen LogP contribution >= 0.6 is 11.3 Å². The van der Waals surface area contributed by atoms with Crippen LogP contribution in [0, 0.1) is 5.82 Å². The van der Waals surface area contributed by atoms with Crippen LogP contribution in [-0.4, -0.2) is 30.9 Å². The highest BCUT2D eigenvalue weighted by Crippen LogP contribution is 2.36. The van der Waals surface area contributed by atoms with Gasteiger partial charge < -0.3 is 10.8 Å². The predicted molar refractivity (Wildman–Crippen MR) is 95.2 cm³/mol. The van der Waals surface area contributed by atoms with Gasteiger partial charge in [0.15, 0.2) is 0 Å². The highest BCUT2D eigenvalue weighted by Gasteiger charge is 2.42. The Kier molecular flexibility index (Phi) is 5.80. The van der Waals surface area contributed by atoms with Crippen molar-refractivity contribution >= 4 is 38.2 Å². The largest absolute Gasteiger partial charge is 0.419 e. The zero-order chi connectivity index (χ0) is 22.4. The van der Waals surface area contributed by atoms with Crippen LogP contribution in [0.25, 0.3) is 0 Å². The topological polar surface area (TPSA) is 118 Å². The van der Waals surface area contributed by atoms with E-state index < -0.39 is 54.9 Å². The van der Waals surface area contributed by atoms with Crippen LogP contribution < -0.4 is 10.0 Å². The van der Waals surface area contributed by atoms with E-state index in [2.05, 4.69) is 0 Å². The van der Waals surface area contributed by atoms with Gasteiger partial charge in [-0.25, -0.2) is 12.8 Å². The lowest BCUT2D eigenvalue weighted by molar-refractivity contribution is -0.140. The van der Waals surface area contributed by atoms with Gasteiger partial charge in [-0.2, -0.15) is 17.5 Å². The molecule has 0 aliphatic heterocycles. The van der Waals surface area contributed by atoms with Crippen molar-refractivity contribution in [3.05, 3.63) is 46.6 Å². The summed E-state index contributed by atoms with van der Waals surface area (Å²) in [4.78, 5) is 23.2. The Labute approximate surface area is 166 Å². The molecule has 0 radical (unpaired) electrons. The molecule has 0 unspecified atom stereocenters. The monoisotopic (exact) mass is 454 g/mol. The molecule has 0 fully saturated rings. The smallest absolute Gasteiger partial charge is 0.381 e. The lowest BCUT2D eigenvalue weighted by Crippen LogP contribution is -2.48. The van der Waals surface area contributed by atoms with Gasteiger partial charge in [0, 0.05) is 0 Å². The summed E-state index contributed by atoms with van der Waals surface area (Å²) in [6.07, 6.45) is -5.07. The molecule has 0 aliphatic rings. The SMILES string of the molecule is CC(C)(O)C(=O)N(c1sccc1C(N)=O)S(=O)(=O)c1ccc(C(F)(F)F)c(F)c1. The number of amides is 2. The van der Waals surface area contributed by atoms with E-state index in [1.165, 1.54) is 5.38 Å². The predicted octanol–water partition coefficient (Wildman–Crippen LogP) is 2.50. The minimum Gasteiger partial charge on any atom is -0.381 e. The Hall–Kier alpha value is -2.51. The van der Waals surface area contributed by atoms with Gasteiger partial charge in [0.25, 0.3) is 21.8 Å². The van der Waals surface area contributed by atoms with Gasteiger partial charge in [-0.05, 0) is 43.5 Å². The maximum absolute atomic E-state index is 13.9. The van der Waals surface area contributed by atoms with Gasteiger partial charge in [0.05, 0.1) is 16.0 Å². The molecule has 1 heterocycles. The molecular weight excluding hydrogens is 440 g/mol. The highest BCUT2D eigenvalue weighted by atomic mass is 32.2. The van der Waals surface area contributed by atoms with Crippen molar-refractivity contribution in [1.82, 2.24) is 0 Å². The molecular formula is C16H14F4N2O5S2. The fourth-order valence-electron chi connectivity index (χ4n) is 2.20. The summed E-state index contributed by atoms with van der Waals surface area (Å²) in [7, 11) is -5.03. The Morgan fingerprint density at radius 2 is 1.76 bits per heavy atom. The number of benzene rings is 1. The van der Waals surface area contributed by atoms with Crippen LogP contribution in [0.4, 0.5) is 22.6 Å². The number of rotatable bonds is 5. The van der Waals surface area contributed by atoms with Crippen LogP contribution in [0.2, 0.25) is 0 Å². The first-order chi connectivity index (χ1) is 13.1. The van der Waals surface area contributed by atoms with E-state index in [9.17, 15) is 40.7 Å². The van der Waals surface area contributed by atoms with E-state index in [1.807, 2.05) is 0 Å². The number of hydrogen-bond donors (Lipinski definition) is 2. The second kappa shape index (κ2) is 7.39. The molecule has 13 heteroatoms. The summed E-state index contributed by atoms with van der Waals surface area (Å²) in [6.45, 7) is 1.92. The number of carbonyl (C=O) groups excluding carboxylic acids is 2. The first kappa shape index (κ1) is 22.8. The third kappa shape index (κ3) is 4.41. The van der Waals surface area contributed by atoms with E-state index in [0.717, 1.165) is 19.9 Å². The second-order valence-corrected chi connectivity index (χ2v) is 8.96. The molecule has 7 nitrogen and oxygen atoms in total. The van der Waals surface area contributed by atoms with E-state index in [-0.39, 0.29) is 22.0 Å². The molecule has 3 N–H and O–H groups in total. The van der Waals surface area contributed by atoms with Crippen LogP contribution in [-0.2, 0) is 21.0 Å². The van der Waals surface area contributed by atoms with Crippen molar-refractivity contribution in [2.45, 2.75) is 30.5 Å². The molecule has 0 saturated carbocycles. The Bertz CT molecular complexity index is 1070. The van der Waals surface area contributed by atoms with Crippen LogP contribution in [0.5, 0.6) is 0 Å². The average molecular weight is 454 g/mol. The summed E-state index contributed by atoms with van der Waals surface area (Å²) in [6, 6.07) is 1.89. The van der Waals surface area contributed by atoms with Gasteiger partial charge >= 0.3 is 6.18 Å². The number of nitrogens with two attached hydrogens (primary N) is 1. The fourth-order valence-corrected chi connectivity index (χ4v) is 4.89. The number of sulfonamides is 1. The van der Waals surface area contributed by atoms with Crippen molar-refractivity contribution in [2.75, 3.05) is 4.31 Å². The molecule has 0 spiro atoms. The molecule has 2 amide bonds. The molecule has 0 saturated heterocycles.